The Hall–Kier alpha value is -0.980. The summed E-state index contributed by atoms with van der Waals surface area (Å²) < 4.78 is 2.21. The molecule has 1 N–H and O–H groups in total. The molecule has 6 heteroatoms. The van der Waals surface area contributed by atoms with Crippen LogP contribution in [0.5, 0.6) is 0 Å². The number of hydrogen-bond acceptors (Lipinski definition) is 4. The van der Waals surface area contributed by atoms with E-state index in [0.717, 1.165) is 34.5 Å². The fourth-order valence-electron chi connectivity index (χ4n) is 2.82. The number of benzene rings is 1. The highest BCUT2D eigenvalue weighted by Gasteiger charge is 2.27. The number of carbonyl (C=O) groups excluding carboxylic acids is 1. The molecule has 1 aromatic carbocycles. The van der Waals surface area contributed by atoms with Gasteiger partial charge in [-0.25, -0.2) is 4.98 Å². The smallest absolute Gasteiger partial charge is 0.223 e. The number of hydrogen-bond donors (Lipinski definition) is 1. The maximum absolute atomic E-state index is 12.5. The number of halogens is 1. The standard InChI is InChI=1S/C16H20BrN3OS/c1-10-11(2)20(8-7-18-10)16(21)6-5-15-19-13-9-12(17)3-4-14(13)22-15/h3-4,9-11,18H,5-8H2,1-2H3. The summed E-state index contributed by atoms with van der Waals surface area (Å²) in [5.41, 5.74) is 1.01. The highest BCUT2D eigenvalue weighted by molar-refractivity contribution is 9.10. The Kier molecular flexibility index (Phi) is 4.80. The van der Waals surface area contributed by atoms with Gasteiger partial charge >= 0.3 is 0 Å². The number of aryl methyl sites for hydroxylation is 1. The third kappa shape index (κ3) is 3.34. The van der Waals surface area contributed by atoms with Crippen LogP contribution in [0, 0.1) is 0 Å². The predicted octanol–water partition coefficient (Wildman–Crippen LogP) is 3.20. The second kappa shape index (κ2) is 6.64. The maximum atomic E-state index is 12.5. The molecule has 2 atom stereocenters. The van der Waals surface area contributed by atoms with Gasteiger partial charge in [0.15, 0.2) is 0 Å². The SMILES string of the molecule is CC1NCCN(C(=O)CCc2nc3cc(Br)ccc3s2)C1C. The normalized spacial score (nSPS) is 22.2. The predicted molar refractivity (Wildman–Crippen MR) is 94.3 cm³/mol. The van der Waals surface area contributed by atoms with E-state index in [2.05, 4.69) is 46.1 Å². The molecule has 0 aliphatic carbocycles. The molecule has 118 valence electrons. The number of piperazine rings is 1. The van der Waals surface area contributed by atoms with Crippen LogP contribution < -0.4 is 5.32 Å². The summed E-state index contributed by atoms with van der Waals surface area (Å²) in [7, 11) is 0. The quantitative estimate of drug-likeness (QED) is 0.887. The molecule has 1 aliphatic heterocycles. The van der Waals surface area contributed by atoms with Gasteiger partial charge in [0.05, 0.1) is 15.2 Å². The molecule has 2 heterocycles. The van der Waals surface area contributed by atoms with Gasteiger partial charge in [0.1, 0.15) is 0 Å². The van der Waals surface area contributed by atoms with Crippen molar-refractivity contribution >= 4 is 43.4 Å². The summed E-state index contributed by atoms with van der Waals surface area (Å²) in [6.07, 6.45) is 1.26. The molecular formula is C16H20BrN3OS. The minimum Gasteiger partial charge on any atom is -0.337 e. The molecule has 0 bridgehead atoms. The lowest BCUT2D eigenvalue weighted by molar-refractivity contribution is -0.134. The summed E-state index contributed by atoms with van der Waals surface area (Å²) >= 11 is 5.15. The third-order valence-electron chi connectivity index (χ3n) is 4.30. The lowest BCUT2D eigenvalue weighted by Crippen LogP contribution is -2.57. The van der Waals surface area contributed by atoms with Crippen LogP contribution in [-0.2, 0) is 11.2 Å². The van der Waals surface area contributed by atoms with E-state index in [1.54, 1.807) is 11.3 Å². The molecule has 2 unspecified atom stereocenters. The lowest BCUT2D eigenvalue weighted by atomic mass is 10.1. The van der Waals surface area contributed by atoms with Crippen molar-refractivity contribution in [2.75, 3.05) is 13.1 Å². The monoisotopic (exact) mass is 381 g/mol. The van der Waals surface area contributed by atoms with Crippen molar-refractivity contribution in [1.29, 1.82) is 0 Å². The zero-order valence-corrected chi connectivity index (χ0v) is 15.2. The first kappa shape index (κ1) is 15.9. The lowest BCUT2D eigenvalue weighted by Gasteiger charge is -2.38. The second-order valence-electron chi connectivity index (χ2n) is 5.79. The molecule has 0 saturated carbocycles. The Morgan fingerprint density at radius 2 is 2.32 bits per heavy atom. The number of amides is 1. The largest absolute Gasteiger partial charge is 0.337 e. The van der Waals surface area contributed by atoms with Crippen LogP contribution in [0.3, 0.4) is 0 Å². The first-order valence-corrected chi connectivity index (χ1v) is 9.23. The van der Waals surface area contributed by atoms with Crippen LogP contribution in [0.15, 0.2) is 22.7 Å². The number of nitrogens with zero attached hydrogens (tertiary/aromatic N) is 2. The van der Waals surface area contributed by atoms with E-state index < -0.39 is 0 Å². The van der Waals surface area contributed by atoms with Gasteiger partial charge in [-0.15, -0.1) is 11.3 Å². The van der Waals surface area contributed by atoms with Crippen molar-refractivity contribution in [3.63, 3.8) is 0 Å². The number of nitrogens with one attached hydrogen (secondary N) is 1. The topological polar surface area (TPSA) is 45.2 Å². The molecule has 0 spiro atoms. The van der Waals surface area contributed by atoms with E-state index in [1.165, 1.54) is 4.70 Å². The Bertz CT molecular complexity index is 687. The van der Waals surface area contributed by atoms with Crippen LogP contribution >= 0.6 is 27.3 Å². The van der Waals surface area contributed by atoms with E-state index in [0.29, 0.717) is 12.5 Å². The fraction of sp³-hybridized carbons (Fsp3) is 0.500. The summed E-state index contributed by atoms with van der Waals surface area (Å²) in [4.78, 5) is 19.1. The third-order valence-corrected chi connectivity index (χ3v) is 5.89. The van der Waals surface area contributed by atoms with E-state index >= 15 is 0 Å². The minimum absolute atomic E-state index is 0.237. The Labute approximate surface area is 143 Å². The van der Waals surface area contributed by atoms with Crippen LogP contribution in [0.25, 0.3) is 10.2 Å². The zero-order chi connectivity index (χ0) is 15.7. The number of fused-ring (bicyclic) bond motifs is 1. The van der Waals surface area contributed by atoms with Gasteiger partial charge < -0.3 is 10.2 Å². The average Bonchev–Trinajstić information content (AvgIpc) is 2.89. The average molecular weight is 382 g/mol. The van der Waals surface area contributed by atoms with E-state index in [9.17, 15) is 4.79 Å². The summed E-state index contributed by atoms with van der Waals surface area (Å²) in [6, 6.07) is 6.74. The first-order valence-electron chi connectivity index (χ1n) is 7.62. The molecule has 0 radical (unpaired) electrons. The van der Waals surface area contributed by atoms with E-state index in [4.69, 9.17) is 0 Å². The Morgan fingerprint density at radius 3 is 3.14 bits per heavy atom. The number of thiazole rings is 1. The molecule has 1 aromatic heterocycles. The highest BCUT2D eigenvalue weighted by atomic mass is 79.9. The summed E-state index contributed by atoms with van der Waals surface area (Å²) in [5.74, 6) is 0.237. The minimum atomic E-state index is 0.237. The van der Waals surface area contributed by atoms with Gasteiger partial charge in [0.25, 0.3) is 0 Å². The van der Waals surface area contributed by atoms with Crippen molar-refractivity contribution in [3.8, 4) is 0 Å². The molecule has 22 heavy (non-hydrogen) atoms. The Morgan fingerprint density at radius 1 is 1.50 bits per heavy atom. The number of aromatic nitrogens is 1. The Balaban J connectivity index is 1.64. The maximum Gasteiger partial charge on any atom is 0.223 e. The number of carbonyl (C=O) groups is 1. The molecule has 1 aliphatic rings. The van der Waals surface area contributed by atoms with Crippen LogP contribution in [0.1, 0.15) is 25.3 Å². The van der Waals surface area contributed by atoms with Crippen LogP contribution in [0.2, 0.25) is 0 Å². The van der Waals surface area contributed by atoms with Gasteiger partial charge in [-0.05, 0) is 32.0 Å². The molecular weight excluding hydrogens is 362 g/mol. The van der Waals surface area contributed by atoms with E-state index in [1.807, 2.05) is 17.0 Å². The van der Waals surface area contributed by atoms with Crippen molar-refractivity contribution in [1.82, 2.24) is 15.2 Å². The molecule has 1 fully saturated rings. The van der Waals surface area contributed by atoms with Crippen LogP contribution in [-0.4, -0.2) is 41.0 Å². The molecule has 1 saturated heterocycles. The van der Waals surface area contributed by atoms with Crippen molar-refractivity contribution in [3.05, 3.63) is 27.7 Å². The highest BCUT2D eigenvalue weighted by Crippen LogP contribution is 2.26. The van der Waals surface area contributed by atoms with Gasteiger partial charge in [-0.2, -0.15) is 0 Å². The van der Waals surface area contributed by atoms with Gasteiger partial charge in [0.2, 0.25) is 5.91 Å². The van der Waals surface area contributed by atoms with Gasteiger partial charge in [-0.1, -0.05) is 15.9 Å². The fourth-order valence-corrected chi connectivity index (χ4v) is 4.12. The molecule has 2 aromatic rings. The summed E-state index contributed by atoms with van der Waals surface area (Å²) in [5, 5.41) is 4.44. The van der Waals surface area contributed by atoms with E-state index in [-0.39, 0.29) is 11.9 Å². The first-order chi connectivity index (χ1) is 10.5. The molecule has 1 amide bonds. The number of rotatable bonds is 3. The van der Waals surface area contributed by atoms with Crippen molar-refractivity contribution in [2.45, 2.75) is 38.8 Å². The van der Waals surface area contributed by atoms with Crippen LogP contribution in [0.4, 0.5) is 0 Å². The molecule has 3 rings (SSSR count). The van der Waals surface area contributed by atoms with Crippen molar-refractivity contribution in [2.24, 2.45) is 0 Å². The van der Waals surface area contributed by atoms with Crippen molar-refractivity contribution < 1.29 is 4.79 Å². The zero-order valence-electron chi connectivity index (χ0n) is 12.8. The molecule has 4 nitrogen and oxygen atoms in total. The second-order valence-corrected chi connectivity index (χ2v) is 7.82. The van der Waals surface area contributed by atoms with Gasteiger partial charge in [-0.3, -0.25) is 4.79 Å². The summed E-state index contributed by atoms with van der Waals surface area (Å²) in [6.45, 7) is 5.93. The van der Waals surface area contributed by atoms with Gasteiger partial charge in [0, 0.05) is 42.5 Å².